The minimum atomic E-state index is -3.38. The van der Waals surface area contributed by atoms with Crippen molar-refractivity contribution in [1.29, 1.82) is 0 Å². The summed E-state index contributed by atoms with van der Waals surface area (Å²) in [7, 11) is -3.38. The third kappa shape index (κ3) is 3.97. The number of benzene rings is 3. The number of hydrogen-bond acceptors (Lipinski definition) is 3. The van der Waals surface area contributed by atoms with E-state index < -0.39 is 10.0 Å². The number of sulfonamides is 1. The summed E-state index contributed by atoms with van der Waals surface area (Å²) >= 11 is 0. The normalized spacial score (nSPS) is 11.2. The Labute approximate surface area is 146 Å². The topological polar surface area (TPSA) is 75.3 Å². The molecule has 5 nitrogen and oxygen atoms in total. The van der Waals surface area contributed by atoms with Crippen LogP contribution in [-0.4, -0.2) is 20.1 Å². The maximum absolute atomic E-state index is 12.6. The molecule has 0 aliphatic heterocycles. The van der Waals surface area contributed by atoms with Gasteiger partial charge in [0.15, 0.2) is 0 Å². The van der Waals surface area contributed by atoms with Gasteiger partial charge in [-0.3, -0.25) is 9.52 Å². The highest BCUT2D eigenvalue weighted by molar-refractivity contribution is 7.92. The van der Waals surface area contributed by atoms with Crippen molar-refractivity contribution in [2.24, 2.45) is 0 Å². The van der Waals surface area contributed by atoms with Crippen LogP contribution in [0.5, 0.6) is 0 Å². The molecule has 0 bridgehead atoms. The molecular weight excluding hydrogens is 336 g/mol. The zero-order valence-electron chi connectivity index (χ0n) is 13.7. The summed E-state index contributed by atoms with van der Waals surface area (Å²) in [5, 5.41) is 4.87. The van der Waals surface area contributed by atoms with Crippen molar-refractivity contribution in [2.45, 2.75) is 6.92 Å². The molecule has 0 aromatic heterocycles. The zero-order chi connectivity index (χ0) is 17.9. The maximum atomic E-state index is 12.6. The van der Waals surface area contributed by atoms with Crippen LogP contribution in [0.3, 0.4) is 0 Å². The van der Waals surface area contributed by atoms with Gasteiger partial charge in [-0.05, 0) is 36.6 Å². The van der Waals surface area contributed by atoms with Crippen LogP contribution in [0.15, 0.2) is 66.7 Å². The van der Waals surface area contributed by atoms with Crippen molar-refractivity contribution in [2.75, 3.05) is 15.8 Å². The standard InChI is InChI=1S/C19H18N2O3S/c1-2-25(23,24)21-16-10-5-9-15(13-16)19(22)20-18-12-6-8-14-7-3-4-11-17(14)18/h3-13,21H,2H2,1H3,(H,20,22). The molecule has 0 atom stereocenters. The van der Waals surface area contributed by atoms with E-state index in [1.165, 1.54) is 6.07 Å². The molecule has 0 radical (unpaired) electrons. The molecule has 6 heteroatoms. The lowest BCUT2D eigenvalue weighted by molar-refractivity contribution is 0.102. The molecular formula is C19H18N2O3S. The fourth-order valence-electron chi connectivity index (χ4n) is 2.50. The summed E-state index contributed by atoms with van der Waals surface area (Å²) in [4.78, 5) is 12.6. The maximum Gasteiger partial charge on any atom is 0.255 e. The van der Waals surface area contributed by atoms with Gasteiger partial charge in [0, 0.05) is 22.3 Å². The van der Waals surface area contributed by atoms with E-state index in [-0.39, 0.29) is 11.7 Å². The lowest BCUT2D eigenvalue weighted by atomic mass is 10.1. The first-order valence-corrected chi connectivity index (χ1v) is 9.53. The van der Waals surface area contributed by atoms with Gasteiger partial charge in [0.25, 0.3) is 5.91 Å². The predicted molar refractivity (Wildman–Crippen MR) is 101 cm³/mol. The fourth-order valence-corrected chi connectivity index (χ4v) is 3.13. The Hall–Kier alpha value is -2.86. The number of nitrogens with one attached hydrogen (secondary N) is 2. The van der Waals surface area contributed by atoms with Crippen molar-refractivity contribution in [1.82, 2.24) is 0 Å². The van der Waals surface area contributed by atoms with Crippen molar-refractivity contribution in [3.05, 3.63) is 72.3 Å². The van der Waals surface area contributed by atoms with E-state index in [4.69, 9.17) is 0 Å². The van der Waals surface area contributed by atoms with E-state index in [9.17, 15) is 13.2 Å². The molecule has 3 aromatic carbocycles. The SMILES string of the molecule is CCS(=O)(=O)Nc1cccc(C(=O)Nc2cccc3ccccc23)c1. The molecule has 0 unspecified atom stereocenters. The number of fused-ring (bicyclic) bond motifs is 1. The van der Waals surface area contributed by atoms with Crippen molar-refractivity contribution < 1.29 is 13.2 Å². The average Bonchev–Trinajstić information content (AvgIpc) is 2.62. The summed E-state index contributed by atoms with van der Waals surface area (Å²) in [6.07, 6.45) is 0. The molecule has 25 heavy (non-hydrogen) atoms. The van der Waals surface area contributed by atoms with Crippen LogP contribution in [0, 0.1) is 0 Å². The molecule has 0 aliphatic carbocycles. The van der Waals surface area contributed by atoms with E-state index >= 15 is 0 Å². The van der Waals surface area contributed by atoms with Crippen LogP contribution in [-0.2, 0) is 10.0 Å². The molecule has 0 spiro atoms. The van der Waals surface area contributed by atoms with E-state index in [1.54, 1.807) is 25.1 Å². The van der Waals surface area contributed by atoms with Crippen molar-refractivity contribution in [3.63, 3.8) is 0 Å². The molecule has 0 heterocycles. The van der Waals surface area contributed by atoms with Gasteiger partial charge in [-0.25, -0.2) is 8.42 Å². The number of amides is 1. The van der Waals surface area contributed by atoms with Crippen LogP contribution in [0.2, 0.25) is 0 Å². The summed E-state index contributed by atoms with van der Waals surface area (Å²) in [5.74, 6) is -0.326. The molecule has 3 aromatic rings. The van der Waals surface area contributed by atoms with Gasteiger partial charge in [-0.2, -0.15) is 0 Å². The van der Waals surface area contributed by atoms with Crippen LogP contribution in [0.25, 0.3) is 10.8 Å². The first kappa shape index (κ1) is 17.0. The van der Waals surface area contributed by atoms with Gasteiger partial charge in [0.2, 0.25) is 10.0 Å². The first-order chi connectivity index (χ1) is 12.0. The van der Waals surface area contributed by atoms with Crippen molar-refractivity contribution in [3.8, 4) is 0 Å². The number of carbonyl (C=O) groups excluding carboxylic acids is 1. The second-order valence-electron chi connectivity index (χ2n) is 5.57. The fraction of sp³-hybridized carbons (Fsp3) is 0.105. The Morgan fingerprint density at radius 2 is 1.68 bits per heavy atom. The summed E-state index contributed by atoms with van der Waals surface area (Å²) in [6, 6.07) is 19.9. The molecule has 0 saturated carbocycles. The quantitative estimate of drug-likeness (QED) is 0.731. The van der Waals surface area contributed by atoms with Crippen LogP contribution in [0.4, 0.5) is 11.4 Å². The molecule has 3 rings (SSSR count). The Morgan fingerprint density at radius 3 is 2.48 bits per heavy atom. The molecule has 0 aliphatic rings. The molecule has 128 valence electrons. The molecule has 0 fully saturated rings. The Morgan fingerprint density at radius 1 is 0.960 bits per heavy atom. The third-order valence-corrected chi connectivity index (χ3v) is 5.12. The van der Waals surface area contributed by atoms with Crippen LogP contribution < -0.4 is 10.0 Å². The van der Waals surface area contributed by atoms with E-state index in [1.807, 2.05) is 42.5 Å². The first-order valence-electron chi connectivity index (χ1n) is 7.88. The lowest BCUT2D eigenvalue weighted by Crippen LogP contribution is -2.16. The Balaban J connectivity index is 1.86. The van der Waals surface area contributed by atoms with E-state index in [2.05, 4.69) is 10.0 Å². The van der Waals surface area contributed by atoms with Gasteiger partial charge in [-0.15, -0.1) is 0 Å². The smallest absolute Gasteiger partial charge is 0.255 e. The summed E-state index contributed by atoms with van der Waals surface area (Å²) in [5.41, 5.74) is 1.46. The van der Waals surface area contributed by atoms with E-state index in [0.29, 0.717) is 16.9 Å². The van der Waals surface area contributed by atoms with Crippen LogP contribution >= 0.6 is 0 Å². The molecule has 1 amide bonds. The van der Waals surface area contributed by atoms with E-state index in [0.717, 1.165) is 10.8 Å². The van der Waals surface area contributed by atoms with Gasteiger partial charge < -0.3 is 5.32 Å². The highest BCUT2D eigenvalue weighted by atomic mass is 32.2. The predicted octanol–water partition coefficient (Wildman–Crippen LogP) is 3.85. The number of carbonyl (C=O) groups is 1. The minimum Gasteiger partial charge on any atom is -0.321 e. The van der Waals surface area contributed by atoms with Gasteiger partial charge in [0.1, 0.15) is 0 Å². The van der Waals surface area contributed by atoms with Gasteiger partial charge in [0.05, 0.1) is 5.75 Å². The van der Waals surface area contributed by atoms with Gasteiger partial charge in [-0.1, -0.05) is 42.5 Å². The zero-order valence-corrected chi connectivity index (χ0v) is 14.5. The Kier molecular flexibility index (Phi) is 4.72. The second-order valence-corrected chi connectivity index (χ2v) is 7.58. The monoisotopic (exact) mass is 354 g/mol. The average molecular weight is 354 g/mol. The highest BCUT2D eigenvalue weighted by Crippen LogP contribution is 2.24. The van der Waals surface area contributed by atoms with Gasteiger partial charge >= 0.3 is 0 Å². The molecule has 2 N–H and O–H groups in total. The largest absolute Gasteiger partial charge is 0.321 e. The number of rotatable bonds is 5. The Bertz CT molecular complexity index is 1020. The minimum absolute atomic E-state index is 0.0283. The highest BCUT2D eigenvalue weighted by Gasteiger charge is 2.11. The lowest BCUT2D eigenvalue weighted by Gasteiger charge is -2.10. The summed E-state index contributed by atoms with van der Waals surface area (Å²) < 4.78 is 25.8. The number of anilines is 2. The number of hydrogen-bond donors (Lipinski definition) is 2. The third-order valence-electron chi connectivity index (χ3n) is 3.82. The second kappa shape index (κ2) is 6.94. The summed E-state index contributed by atoms with van der Waals surface area (Å²) in [6.45, 7) is 1.55. The van der Waals surface area contributed by atoms with Crippen LogP contribution in [0.1, 0.15) is 17.3 Å². The van der Waals surface area contributed by atoms with Crippen molar-refractivity contribution >= 4 is 38.1 Å². The molecule has 0 saturated heterocycles.